The van der Waals surface area contributed by atoms with Crippen LogP contribution in [0.25, 0.3) is 0 Å². The predicted octanol–water partition coefficient (Wildman–Crippen LogP) is -2.47. The van der Waals surface area contributed by atoms with Crippen LogP contribution < -0.4 is 0 Å². The van der Waals surface area contributed by atoms with Crippen LogP contribution in [0.15, 0.2) is 0 Å². The van der Waals surface area contributed by atoms with Crippen molar-refractivity contribution in [1.82, 2.24) is 0 Å². The van der Waals surface area contributed by atoms with Crippen molar-refractivity contribution in [3.05, 3.63) is 0 Å². The molecule has 0 saturated heterocycles. The second-order valence-corrected chi connectivity index (χ2v) is 7.04. The van der Waals surface area contributed by atoms with E-state index in [1.165, 1.54) is 0 Å². The second-order valence-electron chi connectivity index (χ2n) is 1.44. The summed E-state index contributed by atoms with van der Waals surface area (Å²) in [6.45, 7) is 1.93. The summed E-state index contributed by atoms with van der Waals surface area (Å²) >= 11 is 0. The van der Waals surface area contributed by atoms with E-state index in [2.05, 4.69) is 0 Å². The number of hydrogen-bond acceptors (Lipinski definition) is 3. The maximum atomic E-state index is 8.88. The van der Waals surface area contributed by atoms with Gasteiger partial charge in [-0.2, -0.15) is 0 Å². The third-order valence-corrected chi connectivity index (χ3v) is 4.45. The molecule has 1 atom stereocenters. The van der Waals surface area contributed by atoms with Gasteiger partial charge in [0.15, 0.2) is 0 Å². The maximum absolute atomic E-state index is 8.88. The molecule has 8 heavy (non-hydrogen) atoms. The Balaban J connectivity index is 2.86. The van der Waals surface area contributed by atoms with E-state index in [1.807, 2.05) is 6.92 Å². The highest BCUT2D eigenvalue weighted by Gasteiger charge is 2.01. The van der Waals surface area contributed by atoms with Crippen molar-refractivity contribution >= 4 is 29.8 Å². The van der Waals surface area contributed by atoms with Crippen molar-refractivity contribution in [2.75, 3.05) is 0 Å². The lowest BCUT2D eigenvalue weighted by Crippen LogP contribution is -2.19. The molecule has 0 aromatic rings. The van der Waals surface area contributed by atoms with Crippen molar-refractivity contribution < 1.29 is 13.0 Å². The Hall–Kier alpha value is 0.531. The van der Waals surface area contributed by atoms with Crippen LogP contribution in [0.3, 0.4) is 0 Å². The van der Waals surface area contributed by atoms with Crippen LogP contribution in [0, 0.1) is 0 Å². The molecule has 3 nitrogen and oxygen atoms in total. The van der Waals surface area contributed by atoms with Gasteiger partial charge in [-0.1, -0.05) is 6.92 Å². The Morgan fingerprint density at radius 2 is 2.50 bits per heavy atom. The standard InChI is InChI=1S/C2H12O3Si3/c1-2-8(3)5-7-4-6/h3,8H,2,7H2,1,6H3. The van der Waals surface area contributed by atoms with Crippen LogP contribution in [0.5, 0.6) is 0 Å². The van der Waals surface area contributed by atoms with Crippen molar-refractivity contribution in [2.24, 2.45) is 0 Å². The molecule has 50 valence electrons. The summed E-state index contributed by atoms with van der Waals surface area (Å²) in [6, 6.07) is 0.790. The normalized spacial score (nSPS) is 15.8. The molecule has 0 fully saturated rings. The van der Waals surface area contributed by atoms with Crippen LogP contribution in [0.1, 0.15) is 6.92 Å². The lowest BCUT2D eigenvalue weighted by molar-refractivity contribution is 0.392. The number of hydrogen-bond donors (Lipinski definition) is 1. The lowest BCUT2D eigenvalue weighted by atomic mass is 11.0. The summed E-state index contributed by atoms with van der Waals surface area (Å²) in [6.07, 6.45) is 0. The molecule has 0 saturated carbocycles. The molecule has 0 aliphatic rings. The van der Waals surface area contributed by atoms with Crippen LogP contribution in [0.4, 0.5) is 0 Å². The predicted molar refractivity (Wildman–Crippen MR) is 40.5 cm³/mol. The molecule has 0 aliphatic carbocycles. The molecular weight excluding hydrogens is 156 g/mol. The maximum Gasteiger partial charge on any atom is 0.309 e. The Morgan fingerprint density at radius 3 is 2.88 bits per heavy atom. The van der Waals surface area contributed by atoms with Crippen LogP contribution in [0.2, 0.25) is 6.04 Å². The van der Waals surface area contributed by atoms with Gasteiger partial charge in [0, 0.05) is 0 Å². The third-order valence-electron chi connectivity index (χ3n) is 0.728. The van der Waals surface area contributed by atoms with Gasteiger partial charge >= 0.3 is 9.28 Å². The minimum absolute atomic E-state index is 0.745. The van der Waals surface area contributed by atoms with Gasteiger partial charge in [-0.05, 0) is 6.04 Å². The van der Waals surface area contributed by atoms with Crippen LogP contribution >= 0.6 is 0 Å². The van der Waals surface area contributed by atoms with Gasteiger partial charge in [-0.25, -0.2) is 0 Å². The molecule has 0 rings (SSSR count). The smallest absolute Gasteiger partial charge is 0.309 e. The van der Waals surface area contributed by atoms with Gasteiger partial charge < -0.3 is 13.0 Å². The average Bonchev–Trinajstić information content (AvgIpc) is 1.83. The van der Waals surface area contributed by atoms with Crippen molar-refractivity contribution in [2.45, 2.75) is 13.0 Å². The fourth-order valence-electron chi connectivity index (χ4n) is 0.264. The van der Waals surface area contributed by atoms with E-state index in [0.29, 0.717) is 0 Å². The average molecular weight is 168 g/mol. The highest BCUT2D eigenvalue weighted by Crippen LogP contribution is 1.85. The summed E-state index contributed by atoms with van der Waals surface area (Å²) in [4.78, 5) is 8.88. The molecule has 0 aromatic heterocycles. The van der Waals surface area contributed by atoms with Gasteiger partial charge in [-0.15, -0.1) is 0 Å². The van der Waals surface area contributed by atoms with E-state index in [4.69, 9.17) is 13.0 Å². The Labute approximate surface area is 56.5 Å². The van der Waals surface area contributed by atoms with Crippen molar-refractivity contribution in [3.63, 3.8) is 0 Å². The third kappa shape index (κ3) is 4.68. The molecule has 0 amide bonds. The summed E-state index contributed by atoms with van der Waals surface area (Å²) < 4.78 is 9.83. The van der Waals surface area contributed by atoms with Gasteiger partial charge in [0.05, 0.1) is 0 Å². The summed E-state index contributed by atoms with van der Waals surface area (Å²) in [5, 5.41) is 0. The van der Waals surface area contributed by atoms with E-state index in [9.17, 15) is 0 Å². The highest BCUT2D eigenvalue weighted by atomic mass is 28.4. The first kappa shape index (κ1) is 8.53. The topological polar surface area (TPSA) is 38.7 Å². The molecule has 0 heterocycles. The fraction of sp³-hybridized carbons (Fsp3) is 1.00. The first-order valence-corrected chi connectivity index (χ1v) is 6.37. The van der Waals surface area contributed by atoms with Crippen LogP contribution in [-0.2, 0) is 8.23 Å². The summed E-state index contributed by atoms with van der Waals surface area (Å²) in [5.74, 6) is 0. The summed E-state index contributed by atoms with van der Waals surface area (Å²) in [7, 11) is -1.76. The second kappa shape index (κ2) is 5.66. The quantitative estimate of drug-likeness (QED) is 0.473. The van der Waals surface area contributed by atoms with E-state index < -0.39 is 19.3 Å². The molecule has 0 aliphatic heterocycles. The Morgan fingerprint density at radius 1 is 1.88 bits per heavy atom. The van der Waals surface area contributed by atoms with Gasteiger partial charge in [0.1, 0.15) is 10.5 Å². The first-order valence-electron chi connectivity index (χ1n) is 2.59. The zero-order valence-electron chi connectivity index (χ0n) is 5.26. The van der Waals surface area contributed by atoms with E-state index in [-0.39, 0.29) is 0 Å². The summed E-state index contributed by atoms with van der Waals surface area (Å²) in [5.41, 5.74) is 0. The van der Waals surface area contributed by atoms with E-state index in [0.717, 1.165) is 16.5 Å². The van der Waals surface area contributed by atoms with Crippen molar-refractivity contribution in [3.8, 4) is 0 Å². The molecule has 0 spiro atoms. The molecule has 6 heteroatoms. The molecule has 1 N–H and O–H groups in total. The molecular formula is C2H12O3Si3. The molecule has 0 radical (unpaired) electrons. The van der Waals surface area contributed by atoms with E-state index >= 15 is 0 Å². The van der Waals surface area contributed by atoms with Crippen molar-refractivity contribution in [1.29, 1.82) is 0 Å². The van der Waals surface area contributed by atoms with Crippen LogP contribution in [-0.4, -0.2) is 34.6 Å². The van der Waals surface area contributed by atoms with Gasteiger partial charge in [-0.3, -0.25) is 0 Å². The SMILES string of the molecule is CC[SiH](O)O[SiH2]O[SiH3]. The fourth-order valence-corrected chi connectivity index (χ4v) is 3.60. The van der Waals surface area contributed by atoms with Gasteiger partial charge in [0.2, 0.25) is 0 Å². The zero-order valence-corrected chi connectivity index (χ0v) is 9.82. The Kier molecular flexibility index (Phi) is 6.04. The van der Waals surface area contributed by atoms with E-state index in [1.54, 1.807) is 0 Å². The molecule has 0 aromatic carbocycles. The number of rotatable bonds is 4. The molecule has 1 unspecified atom stereocenters. The molecule has 0 bridgehead atoms. The highest BCUT2D eigenvalue weighted by molar-refractivity contribution is 6.50. The minimum Gasteiger partial charge on any atom is -0.449 e. The lowest BCUT2D eigenvalue weighted by Gasteiger charge is -2.04. The monoisotopic (exact) mass is 168 g/mol. The first-order chi connectivity index (χ1) is 3.81. The van der Waals surface area contributed by atoms with Gasteiger partial charge in [0.25, 0.3) is 10.0 Å². The minimum atomic E-state index is -1.74. The largest absolute Gasteiger partial charge is 0.449 e. The Bertz CT molecular complexity index is 51.8. The zero-order chi connectivity index (χ0) is 6.41.